The normalized spacial score (nSPS) is 23.8. The molecule has 0 saturated heterocycles. The van der Waals surface area contributed by atoms with Gasteiger partial charge in [0.05, 0.1) is 13.0 Å². The number of esters is 1. The van der Waals surface area contributed by atoms with Crippen molar-refractivity contribution >= 4 is 72.6 Å². The van der Waals surface area contributed by atoms with Crippen LogP contribution in [0.25, 0.3) is 0 Å². The number of ether oxygens (including phenoxy) is 1. The molecule has 9 nitrogen and oxygen atoms in total. The lowest BCUT2D eigenvalue weighted by Crippen LogP contribution is -2.51. The highest BCUT2D eigenvalue weighted by atomic mass is 33.1. The van der Waals surface area contributed by atoms with Gasteiger partial charge in [0, 0.05) is 17.6 Å². The highest BCUT2D eigenvalue weighted by Crippen LogP contribution is 2.46. The molecule has 1 aromatic rings. The Bertz CT molecular complexity index is 1140. The number of aliphatic imine (C=N–C) groups is 1. The molecule has 2 amide bonds. The van der Waals surface area contributed by atoms with Gasteiger partial charge in [-0.05, 0) is 53.3 Å². The molecule has 0 fully saturated rings. The van der Waals surface area contributed by atoms with Crippen LogP contribution in [-0.2, 0) is 30.5 Å². The zero-order valence-corrected chi connectivity index (χ0v) is 27.4. The molecule has 2 aliphatic heterocycles. The van der Waals surface area contributed by atoms with E-state index in [1.165, 1.54) is 63.9 Å². The van der Waals surface area contributed by atoms with Crippen LogP contribution in [0.2, 0.25) is 0 Å². The Balaban J connectivity index is 1.66. The SMILES string of the molecule is CCCCCCCC(=O)SCC/C=C/[C@@H]1CC(=O)NCc2nc(cs2)C2=N[C@@](C)(SS2)C(=O)NC(C(C)C)C(=O)O1. The summed E-state index contributed by atoms with van der Waals surface area (Å²) >= 11 is 2.72. The summed E-state index contributed by atoms with van der Waals surface area (Å²) < 4.78 is 5.76. The molecule has 4 bridgehead atoms. The van der Waals surface area contributed by atoms with Gasteiger partial charge in [-0.2, -0.15) is 0 Å². The average molecular weight is 641 g/mol. The summed E-state index contributed by atoms with van der Waals surface area (Å²) in [4.78, 5) is 59.5. The quantitative estimate of drug-likeness (QED) is 0.137. The number of thioether (sulfide) groups is 1. The molecule has 13 heteroatoms. The number of hydrogen-bond acceptors (Lipinski definition) is 11. The van der Waals surface area contributed by atoms with Crippen molar-refractivity contribution in [3.63, 3.8) is 0 Å². The van der Waals surface area contributed by atoms with E-state index in [0.717, 1.165) is 12.8 Å². The number of amides is 2. The largest absolute Gasteiger partial charge is 0.456 e. The first kappa shape index (κ1) is 33.7. The third kappa shape index (κ3) is 10.7. The average Bonchev–Trinajstić information content (AvgIpc) is 3.56. The Morgan fingerprint density at radius 1 is 1.24 bits per heavy atom. The molecule has 226 valence electrons. The van der Waals surface area contributed by atoms with E-state index in [9.17, 15) is 19.2 Å². The molecule has 0 aromatic carbocycles. The van der Waals surface area contributed by atoms with Crippen molar-refractivity contribution in [2.24, 2.45) is 10.9 Å². The van der Waals surface area contributed by atoms with Crippen molar-refractivity contribution in [2.45, 2.75) is 103 Å². The summed E-state index contributed by atoms with van der Waals surface area (Å²) in [6.07, 6.45) is 9.39. The number of allylic oxidation sites excluding steroid dienone is 1. The van der Waals surface area contributed by atoms with Crippen molar-refractivity contribution in [3.05, 3.63) is 28.2 Å². The number of nitrogens with one attached hydrogen (secondary N) is 2. The van der Waals surface area contributed by atoms with Crippen molar-refractivity contribution < 1.29 is 23.9 Å². The highest BCUT2D eigenvalue weighted by Gasteiger charge is 2.43. The first-order valence-electron chi connectivity index (χ1n) is 14.1. The Kier molecular flexibility index (Phi) is 13.7. The van der Waals surface area contributed by atoms with Gasteiger partial charge in [-0.15, -0.1) is 11.3 Å². The minimum Gasteiger partial charge on any atom is -0.456 e. The lowest BCUT2D eigenvalue weighted by atomic mass is 10.0. The molecule has 0 radical (unpaired) electrons. The standard InChI is InChI=1S/C28H40N4O5S4/c1-5-6-7-8-9-13-23(34)38-14-11-10-12-19-15-21(33)29-16-22-30-20(17-39-22)25-32-28(4,41-40-25)27(36)31-24(18(2)3)26(35)37-19/h10,12,17-19,24H,5-9,11,13-16H2,1-4H3,(H,29,33)(H,31,36)/b12-10+/t19-,24?,28+/m1/s1. The molecule has 3 rings (SSSR count). The van der Waals surface area contributed by atoms with Crippen LogP contribution >= 0.6 is 44.7 Å². The van der Waals surface area contributed by atoms with E-state index < -0.39 is 23.0 Å². The second-order valence-corrected chi connectivity index (χ2v) is 15.1. The van der Waals surface area contributed by atoms with Crippen molar-refractivity contribution in [1.29, 1.82) is 0 Å². The fourth-order valence-corrected chi connectivity index (χ4v) is 8.00. The van der Waals surface area contributed by atoms with E-state index in [-0.39, 0.29) is 35.8 Å². The van der Waals surface area contributed by atoms with Crippen LogP contribution in [0, 0.1) is 5.92 Å². The van der Waals surface area contributed by atoms with Gasteiger partial charge in [-0.1, -0.05) is 64.3 Å². The summed E-state index contributed by atoms with van der Waals surface area (Å²) in [5.74, 6) is -0.919. The molecular weight excluding hydrogens is 601 g/mol. The molecule has 1 aromatic heterocycles. The molecule has 2 aliphatic rings. The van der Waals surface area contributed by atoms with Gasteiger partial charge in [0.15, 0.2) is 9.99 Å². The van der Waals surface area contributed by atoms with Gasteiger partial charge in [0.1, 0.15) is 27.9 Å². The Morgan fingerprint density at radius 2 is 2.02 bits per heavy atom. The van der Waals surface area contributed by atoms with Gasteiger partial charge in [-0.3, -0.25) is 14.4 Å². The summed E-state index contributed by atoms with van der Waals surface area (Å²) in [6.45, 7) is 7.77. The molecular formula is C28H40N4O5S4. The Hall–Kier alpha value is -1.83. The first-order valence-corrected chi connectivity index (χ1v) is 18.1. The van der Waals surface area contributed by atoms with Crippen LogP contribution in [0.3, 0.4) is 0 Å². The summed E-state index contributed by atoms with van der Waals surface area (Å²) in [6, 6.07) is -0.910. The van der Waals surface area contributed by atoms with Gasteiger partial charge >= 0.3 is 5.97 Å². The molecule has 0 aliphatic carbocycles. The van der Waals surface area contributed by atoms with Gasteiger partial charge in [-0.25, -0.2) is 14.8 Å². The van der Waals surface area contributed by atoms with Gasteiger partial charge in [0.25, 0.3) is 5.91 Å². The zero-order chi connectivity index (χ0) is 29.8. The van der Waals surface area contributed by atoms with E-state index in [2.05, 4.69) is 27.5 Å². The highest BCUT2D eigenvalue weighted by molar-refractivity contribution is 8.83. The third-order valence-corrected chi connectivity index (χ3v) is 11.1. The Morgan fingerprint density at radius 3 is 2.78 bits per heavy atom. The number of fused-ring (bicyclic) bond motifs is 4. The molecule has 1 unspecified atom stereocenters. The number of rotatable bonds is 11. The smallest absolute Gasteiger partial charge is 0.329 e. The second kappa shape index (κ2) is 16.7. The number of carbonyl (C=O) groups is 4. The van der Waals surface area contributed by atoms with E-state index >= 15 is 0 Å². The van der Waals surface area contributed by atoms with E-state index in [0.29, 0.717) is 34.3 Å². The monoisotopic (exact) mass is 640 g/mol. The first-order chi connectivity index (χ1) is 19.6. The van der Waals surface area contributed by atoms with Crippen molar-refractivity contribution in [3.8, 4) is 0 Å². The van der Waals surface area contributed by atoms with Crippen LogP contribution in [0.15, 0.2) is 22.5 Å². The number of aromatic nitrogens is 1. The van der Waals surface area contributed by atoms with Crippen LogP contribution in [0.4, 0.5) is 0 Å². The fraction of sp³-hybridized carbons (Fsp3) is 0.643. The summed E-state index contributed by atoms with van der Waals surface area (Å²) in [5.41, 5.74) is 0.661. The topological polar surface area (TPSA) is 127 Å². The van der Waals surface area contributed by atoms with Crippen molar-refractivity contribution in [2.75, 3.05) is 5.75 Å². The second-order valence-electron chi connectivity index (χ2n) is 10.4. The maximum atomic E-state index is 13.3. The van der Waals surface area contributed by atoms with E-state index in [4.69, 9.17) is 4.74 Å². The maximum Gasteiger partial charge on any atom is 0.329 e. The number of cyclic esters (lactones) is 1. The lowest BCUT2D eigenvalue weighted by Gasteiger charge is -2.26. The van der Waals surface area contributed by atoms with Crippen LogP contribution < -0.4 is 10.6 Å². The van der Waals surface area contributed by atoms with E-state index in [1.807, 2.05) is 25.3 Å². The summed E-state index contributed by atoms with van der Waals surface area (Å²) in [7, 11) is 2.67. The van der Waals surface area contributed by atoms with Crippen LogP contribution in [0.1, 0.15) is 89.8 Å². The lowest BCUT2D eigenvalue weighted by molar-refractivity contribution is -0.153. The molecule has 41 heavy (non-hydrogen) atoms. The Labute approximate surface area is 258 Å². The zero-order valence-electron chi connectivity index (χ0n) is 24.1. The number of thiazole rings is 1. The maximum absolute atomic E-state index is 13.3. The van der Waals surface area contributed by atoms with E-state index in [1.54, 1.807) is 13.0 Å². The molecule has 3 heterocycles. The predicted octanol–water partition coefficient (Wildman–Crippen LogP) is 5.64. The number of unbranched alkanes of at least 4 members (excludes halogenated alkanes) is 4. The number of nitrogens with zero attached hydrogens (tertiary/aromatic N) is 2. The number of hydrogen-bond donors (Lipinski definition) is 2. The number of carbonyl (C=O) groups excluding carboxylic acids is 4. The minimum absolute atomic E-state index is 0.0702. The van der Waals surface area contributed by atoms with Crippen molar-refractivity contribution in [1.82, 2.24) is 15.6 Å². The fourth-order valence-electron chi connectivity index (χ4n) is 4.04. The molecule has 0 spiro atoms. The molecule has 3 atom stereocenters. The van der Waals surface area contributed by atoms with Gasteiger partial charge in [0.2, 0.25) is 5.91 Å². The van der Waals surface area contributed by atoms with Crippen LogP contribution in [-0.4, -0.2) is 55.7 Å². The molecule has 0 saturated carbocycles. The molecule has 2 N–H and O–H groups in total. The third-order valence-electron chi connectivity index (χ3n) is 6.47. The van der Waals surface area contributed by atoms with Crippen LogP contribution in [0.5, 0.6) is 0 Å². The minimum atomic E-state index is -1.12. The predicted molar refractivity (Wildman–Crippen MR) is 170 cm³/mol. The summed E-state index contributed by atoms with van der Waals surface area (Å²) in [5, 5.41) is 9.08. The van der Waals surface area contributed by atoms with Gasteiger partial charge < -0.3 is 15.4 Å².